The van der Waals surface area contributed by atoms with Gasteiger partial charge in [0.1, 0.15) is 11.5 Å². The van der Waals surface area contributed by atoms with Gasteiger partial charge < -0.3 is 19.5 Å². The quantitative estimate of drug-likeness (QED) is 0.263. The van der Waals surface area contributed by atoms with Gasteiger partial charge in [-0.2, -0.15) is 0 Å². The summed E-state index contributed by atoms with van der Waals surface area (Å²) in [5.41, 5.74) is 3.97. The third-order valence-electron chi connectivity index (χ3n) is 6.48. The van der Waals surface area contributed by atoms with Crippen LogP contribution in [0.1, 0.15) is 61.4 Å². The van der Waals surface area contributed by atoms with E-state index in [1.54, 1.807) is 12.0 Å². The van der Waals surface area contributed by atoms with Crippen LogP contribution in [0, 0.1) is 0 Å². The number of aliphatic hydroxyl groups is 1. The first-order valence-electron chi connectivity index (χ1n) is 12.1. The molecule has 6 nitrogen and oxygen atoms in total. The number of hydrogen-bond donors (Lipinski definition) is 1. The van der Waals surface area contributed by atoms with Crippen molar-refractivity contribution in [3.05, 3.63) is 70.3 Å². The molecule has 2 aromatic carbocycles. The SMILES string of the molecule is COCCCN1C(=O)C(=O)/C(=C(\O)c2ccc3c(c2)CCCC3)C1c1ccc(OC(C)C)cc1. The number of likely N-dealkylation sites (tertiary alicyclic amines) is 1. The first kappa shape index (κ1) is 24.0. The minimum Gasteiger partial charge on any atom is -0.507 e. The van der Waals surface area contributed by atoms with Crippen molar-refractivity contribution in [2.75, 3.05) is 20.3 Å². The fraction of sp³-hybridized carbons (Fsp3) is 0.429. The molecule has 1 aliphatic carbocycles. The molecule has 1 heterocycles. The molecule has 6 heteroatoms. The molecule has 4 rings (SSSR count). The Balaban J connectivity index is 1.76. The minimum atomic E-state index is -0.666. The molecule has 2 aliphatic rings. The molecule has 0 radical (unpaired) electrons. The number of aryl methyl sites for hydroxylation is 2. The molecule has 1 saturated heterocycles. The van der Waals surface area contributed by atoms with Crippen molar-refractivity contribution in [2.24, 2.45) is 0 Å². The van der Waals surface area contributed by atoms with E-state index >= 15 is 0 Å². The second-order valence-corrected chi connectivity index (χ2v) is 9.27. The number of rotatable bonds is 8. The summed E-state index contributed by atoms with van der Waals surface area (Å²) in [5, 5.41) is 11.3. The highest BCUT2D eigenvalue weighted by Gasteiger charge is 2.45. The maximum Gasteiger partial charge on any atom is 0.295 e. The van der Waals surface area contributed by atoms with E-state index in [0.29, 0.717) is 30.9 Å². The lowest BCUT2D eigenvalue weighted by molar-refractivity contribution is -0.140. The zero-order valence-electron chi connectivity index (χ0n) is 20.2. The maximum absolute atomic E-state index is 13.2. The number of carbonyl (C=O) groups is 2. The Kier molecular flexibility index (Phi) is 7.37. The van der Waals surface area contributed by atoms with E-state index in [1.807, 2.05) is 56.3 Å². The largest absolute Gasteiger partial charge is 0.507 e. The smallest absolute Gasteiger partial charge is 0.295 e. The Bertz CT molecular complexity index is 1090. The summed E-state index contributed by atoms with van der Waals surface area (Å²) in [6.45, 7) is 4.74. The van der Waals surface area contributed by atoms with E-state index in [4.69, 9.17) is 9.47 Å². The number of hydrogen-bond acceptors (Lipinski definition) is 5. The van der Waals surface area contributed by atoms with E-state index in [2.05, 4.69) is 0 Å². The van der Waals surface area contributed by atoms with Crippen molar-refractivity contribution in [2.45, 2.75) is 58.1 Å². The lowest BCUT2D eigenvalue weighted by Crippen LogP contribution is -2.31. The Labute approximate surface area is 201 Å². The van der Waals surface area contributed by atoms with Gasteiger partial charge in [0.25, 0.3) is 11.7 Å². The number of benzene rings is 2. The topological polar surface area (TPSA) is 76.1 Å². The van der Waals surface area contributed by atoms with Crippen LogP contribution >= 0.6 is 0 Å². The first-order valence-corrected chi connectivity index (χ1v) is 12.1. The zero-order chi connectivity index (χ0) is 24.2. The number of ether oxygens (including phenoxy) is 2. The van der Waals surface area contributed by atoms with Gasteiger partial charge in [0.15, 0.2) is 0 Å². The number of methoxy groups -OCH3 is 1. The molecule has 34 heavy (non-hydrogen) atoms. The van der Waals surface area contributed by atoms with Crippen molar-refractivity contribution in [1.82, 2.24) is 4.90 Å². The van der Waals surface area contributed by atoms with Crippen LogP contribution in [0.4, 0.5) is 0 Å². The third kappa shape index (κ3) is 4.87. The molecule has 0 spiro atoms. The van der Waals surface area contributed by atoms with Gasteiger partial charge in [-0.15, -0.1) is 0 Å². The van der Waals surface area contributed by atoms with Gasteiger partial charge in [-0.1, -0.05) is 24.3 Å². The molecule has 1 aliphatic heterocycles. The number of carbonyl (C=O) groups excluding carboxylic acids is 2. The van der Waals surface area contributed by atoms with Crippen LogP contribution in [0.5, 0.6) is 5.75 Å². The fourth-order valence-corrected chi connectivity index (χ4v) is 4.87. The molecule has 1 unspecified atom stereocenters. The van der Waals surface area contributed by atoms with Crippen molar-refractivity contribution in [3.8, 4) is 5.75 Å². The molecule has 1 atom stereocenters. The van der Waals surface area contributed by atoms with Crippen LogP contribution in [-0.4, -0.2) is 48.1 Å². The van der Waals surface area contributed by atoms with E-state index < -0.39 is 17.7 Å². The normalized spacial score (nSPS) is 19.5. The Morgan fingerprint density at radius 2 is 1.76 bits per heavy atom. The Hall–Kier alpha value is -3.12. The monoisotopic (exact) mass is 463 g/mol. The van der Waals surface area contributed by atoms with Gasteiger partial charge in [0.05, 0.1) is 17.7 Å². The number of aliphatic hydroxyl groups excluding tert-OH is 1. The van der Waals surface area contributed by atoms with Crippen LogP contribution in [0.2, 0.25) is 0 Å². The average molecular weight is 464 g/mol. The second-order valence-electron chi connectivity index (χ2n) is 9.27. The second kappa shape index (κ2) is 10.4. The van der Waals surface area contributed by atoms with Crippen LogP contribution in [-0.2, 0) is 27.2 Å². The number of fused-ring (bicyclic) bond motifs is 1. The van der Waals surface area contributed by atoms with Crippen molar-refractivity contribution >= 4 is 17.4 Å². The summed E-state index contributed by atoms with van der Waals surface area (Å²) in [4.78, 5) is 27.8. The van der Waals surface area contributed by atoms with Crippen LogP contribution in [0.3, 0.4) is 0 Å². The summed E-state index contributed by atoms with van der Waals surface area (Å²) in [7, 11) is 1.61. The first-order chi connectivity index (χ1) is 16.4. The fourth-order valence-electron chi connectivity index (χ4n) is 4.87. The van der Waals surface area contributed by atoms with E-state index in [-0.39, 0.29) is 17.4 Å². The lowest BCUT2D eigenvalue weighted by Gasteiger charge is -2.25. The van der Waals surface area contributed by atoms with Gasteiger partial charge >= 0.3 is 0 Å². The van der Waals surface area contributed by atoms with Gasteiger partial charge in [0.2, 0.25) is 0 Å². The van der Waals surface area contributed by atoms with Crippen LogP contribution in [0.25, 0.3) is 5.76 Å². The maximum atomic E-state index is 13.2. The van der Waals surface area contributed by atoms with E-state index in [0.717, 1.165) is 24.8 Å². The van der Waals surface area contributed by atoms with Gasteiger partial charge in [-0.3, -0.25) is 9.59 Å². The number of Topliss-reactive ketones (excluding diaryl/α,β-unsaturated/α-hetero) is 1. The van der Waals surface area contributed by atoms with Crippen LogP contribution < -0.4 is 4.74 Å². The molecule has 2 aromatic rings. The lowest BCUT2D eigenvalue weighted by atomic mass is 9.88. The van der Waals surface area contributed by atoms with Crippen molar-refractivity contribution < 1.29 is 24.2 Å². The summed E-state index contributed by atoms with van der Waals surface area (Å²) >= 11 is 0. The molecule has 1 fully saturated rings. The van der Waals surface area contributed by atoms with Gasteiger partial charge in [0, 0.05) is 25.8 Å². The number of amides is 1. The molecule has 0 saturated carbocycles. The zero-order valence-corrected chi connectivity index (χ0v) is 20.2. The Morgan fingerprint density at radius 3 is 2.44 bits per heavy atom. The van der Waals surface area contributed by atoms with Crippen molar-refractivity contribution in [1.29, 1.82) is 0 Å². The molecular formula is C28H33NO5. The number of ketones is 1. The standard InChI is InChI=1S/C28H33NO5/c1-18(2)34-23-13-11-20(12-14-23)25-24(27(31)28(32)29(25)15-6-16-33-3)26(30)22-10-9-19-7-4-5-8-21(19)17-22/h9-14,17-18,25,30H,4-8,15-16H2,1-3H3/b26-24-. The summed E-state index contributed by atoms with van der Waals surface area (Å²) in [6, 6.07) is 12.6. The predicted molar refractivity (Wildman–Crippen MR) is 131 cm³/mol. The van der Waals surface area contributed by atoms with Crippen molar-refractivity contribution in [3.63, 3.8) is 0 Å². The molecule has 1 amide bonds. The predicted octanol–water partition coefficient (Wildman–Crippen LogP) is 4.81. The molecular weight excluding hydrogens is 430 g/mol. The van der Waals surface area contributed by atoms with E-state index in [9.17, 15) is 14.7 Å². The number of nitrogens with zero attached hydrogens (tertiary/aromatic N) is 1. The average Bonchev–Trinajstić information content (AvgIpc) is 3.08. The van der Waals surface area contributed by atoms with Gasteiger partial charge in [-0.05, 0) is 80.8 Å². The highest BCUT2D eigenvalue weighted by Crippen LogP contribution is 2.40. The third-order valence-corrected chi connectivity index (χ3v) is 6.48. The van der Waals surface area contributed by atoms with Crippen LogP contribution in [0.15, 0.2) is 48.0 Å². The summed E-state index contributed by atoms with van der Waals surface area (Å²) < 4.78 is 10.9. The summed E-state index contributed by atoms with van der Waals surface area (Å²) in [5.74, 6) is -0.651. The summed E-state index contributed by atoms with van der Waals surface area (Å²) in [6.07, 6.45) is 4.91. The highest BCUT2D eigenvalue weighted by molar-refractivity contribution is 6.46. The Morgan fingerprint density at radius 1 is 1.06 bits per heavy atom. The van der Waals surface area contributed by atoms with E-state index in [1.165, 1.54) is 17.5 Å². The van der Waals surface area contributed by atoms with Gasteiger partial charge in [-0.25, -0.2) is 0 Å². The minimum absolute atomic E-state index is 0.0366. The molecule has 180 valence electrons. The molecule has 0 aromatic heterocycles. The molecule has 1 N–H and O–H groups in total. The highest BCUT2D eigenvalue weighted by atomic mass is 16.5. The molecule has 0 bridgehead atoms.